The van der Waals surface area contributed by atoms with Gasteiger partial charge in [0.25, 0.3) is 0 Å². The largest absolute Gasteiger partial charge is 0.0625 e. The van der Waals surface area contributed by atoms with Gasteiger partial charge in [0.15, 0.2) is 0 Å². The van der Waals surface area contributed by atoms with E-state index in [0.717, 1.165) is 6.42 Å². The van der Waals surface area contributed by atoms with E-state index < -0.39 is 0 Å². The van der Waals surface area contributed by atoms with Crippen LogP contribution in [0.4, 0.5) is 0 Å². The molecule has 0 nitrogen and oxygen atoms in total. The summed E-state index contributed by atoms with van der Waals surface area (Å²) in [4.78, 5) is 0. The van der Waals surface area contributed by atoms with Crippen LogP contribution in [-0.2, 0) is 11.8 Å². The Hall–Kier alpha value is -3.38. The number of hydrogen-bond donors (Lipinski definition) is 0. The predicted octanol–water partition coefficient (Wildman–Crippen LogP) is 9.16. The fraction of sp³-hybridized carbons (Fsp3) is 0.212. The second kappa shape index (κ2) is 7.32. The Morgan fingerprint density at radius 3 is 2.00 bits per heavy atom. The summed E-state index contributed by atoms with van der Waals surface area (Å²) >= 11 is 0. The van der Waals surface area contributed by atoms with Gasteiger partial charge >= 0.3 is 0 Å². The van der Waals surface area contributed by atoms with Crippen molar-refractivity contribution in [3.05, 3.63) is 108 Å². The molecule has 6 rings (SSSR count). The Morgan fingerprint density at radius 2 is 1.24 bits per heavy atom. The quantitative estimate of drug-likeness (QED) is 0.252. The van der Waals surface area contributed by atoms with Gasteiger partial charge in [-0.05, 0) is 85.0 Å². The van der Waals surface area contributed by atoms with Crippen molar-refractivity contribution in [3.8, 4) is 22.3 Å². The van der Waals surface area contributed by atoms with Gasteiger partial charge in [0.1, 0.15) is 0 Å². The molecule has 1 aliphatic rings. The summed E-state index contributed by atoms with van der Waals surface area (Å²) in [5.74, 6) is 0.669. The SMILES string of the molecule is CC(C)Cc1ccc2c(c1)C(C)(C)c1cc(-c3cc4ccccc4c4ccccc34)ccc1-2. The zero-order valence-electron chi connectivity index (χ0n) is 19.9. The molecule has 0 N–H and O–H groups in total. The van der Waals surface area contributed by atoms with Gasteiger partial charge < -0.3 is 0 Å². The van der Waals surface area contributed by atoms with Gasteiger partial charge in [0.2, 0.25) is 0 Å². The zero-order chi connectivity index (χ0) is 22.7. The fourth-order valence-electron chi connectivity index (χ4n) is 5.84. The van der Waals surface area contributed by atoms with Crippen LogP contribution >= 0.6 is 0 Å². The minimum atomic E-state index is 0.000316. The maximum absolute atomic E-state index is 2.46. The summed E-state index contributed by atoms with van der Waals surface area (Å²) in [5.41, 5.74) is 9.77. The normalized spacial score (nSPS) is 14.1. The molecule has 0 radical (unpaired) electrons. The highest BCUT2D eigenvalue weighted by Gasteiger charge is 2.35. The predicted molar refractivity (Wildman–Crippen MR) is 143 cm³/mol. The number of benzene rings is 5. The molecule has 33 heavy (non-hydrogen) atoms. The van der Waals surface area contributed by atoms with Crippen LogP contribution in [0.2, 0.25) is 0 Å². The van der Waals surface area contributed by atoms with Crippen molar-refractivity contribution in [2.24, 2.45) is 5.92 Å². The van der Waals surface area contributed by atoms with E-state index in [1.54, 1.807) is 0 Å². The fourth-order valence-corrected chi connectivity index (χ4v) is 5.84. The van der Waals surface area contributed by atoms with Gasteiger partial charge in [-0.15, -0.1) is 0 Å². The minimum absolute atomic E-state index is 0.000316. The lowest BCUT2D eigenvalue weighted by Gasteiger charge is -2.23. The lowest BCUT2D eigenvalue weighted by atomic mass is 9.80. The third-order valence-electron chi connectivity index (χ3n) is 7.46. The topological polar surface area (TPSA) is 0 Å². The summed E-state index contributed by atoms with van der Waals surface area (Å²) in [7, 11) is 0. The Labute approximate surface area is 196 Å². The van der Waals surface area contributed by atoms with Crippen LogP contribution in [0.3, 0.4) is 0 Å². The van der Waals surface area contributed by atoms with Crippen molar-refractivity contribution >= 4 is 21.5 Å². The van der Waals surface area contributed by atoms with Crippen LogP contribution in [-0.4, -0.2) is 0 Å². The summed E-state index contributed by atoms with van der Waals surface area (Å²) < 4.78 is 0. The molecule has 0 saturated carbocycles. The molecule has 0 saturated heterocycles. The maximum atomic E-state index is 2.46. The Kier molecular flexibility index (Phi) is 4.49. The first-order chi connectivity index (χ1) is 15.9. The maximum Gasteiger partial charge on any atom is 0.0159 e. The van der Waals surface area contributed by atoms with E-state index in [2.05, 4.69) is 119 Å². The highest BCUT2D eigenvalue weighted by molar-refractivity contribution is 6.13. The highest BCUT2D eigenvalue weighted by atomic mass is 14.4. The summed E-state index contributed by atoms with van der Waals surface area (Å²) in [6.45, 7) is 9.37. The molecular weight excluding hydrogens is 396 g/mol. The molecule has 0 unspecified atom stereocenters. The van der Waals surface area contributed by atoms with Crippen LogP contribution < -0.4 is 0 Å². The lowest BCUT2D eigenvalue weighted by molar-refractivity contribution is 0.637. The minimum Gasteiger partial charge on any atom is -0.0625 e. The summed E-state index contributed by atoms with van der Waals surface area (Å²) in [6, 6.07) is 34.2. The molecular formula is C33H30. The van der Waals surface area contributed by atoms with Crippen molar-refractivity contribution < 1.29 is 0 Å². The molecule has 0 bridgehead atoms. The highest BCUT2D eigenvalue weighted by Crippen LogP contribution is 2.50. The molecule has 0 atom stereocenters. The second-order valence-electron chi connectivity index (χ2n) is 10.6. The van der Waals surface area contributed by atoms with Crippen LogP contribution in [0.5, 0.6) is 0 Å². The van der Waals surface area contributed by atoms with E-state index in [4.69, 9.17) is 0 Å². The molecule has 0 fully saturated rings. The lowest BCUT2D eigenvalue weighted by Crippen LogP contribution is -2.15. The van der Waals surface area contributed by atoms with Crippen molar-refractivity contribution in [1.82, 2.24) is 0 Å². The van der Waals surface area contributed by atoms with E-state index in [-0.39, 0.29) is 5.41 Å². The standard InChI is InChI=1S/C33H30/c1-21(2)17-22-13-15-28-29-16-14-24(20-32(29)33(3,4)31(28)18-22)30-19-23-9-5-6-10-25(23)26-11-7-8-12-27(26)30/h5-16,18-21H,17H2,1-4H3. The van der Waals surface area contributed by atoms with Crippen molar-refractivity contribution in [1.29, 1.82) is 0 Å². The third kappa shape index (κ3) is 3.12. The van der Waals surface area contributed by atoms with Gasteiger partial charge in [-0.2, -0.15) is 0 Å². The average Bonchev–Trinajstić information content (AvgIpc) is 3.04. The van der Waals surface area contributed by atoms with Crippen LogP contribution in [0, 0.1) is 5.92 Å². The van der Waals surface area contributed by atoms with Crippen molar-refractivity contribution in [2.75, 3.05) is 0 Å². The van der Waals surface area contributed by atoms with Crippen molar-refractivity contribution in [2.45, 2.75) is 39.5 Å². The molecule has 0 amide bonds. The van der Waals surface area contributed by atoms with Crippen LogP contribution in [0.15, 0.2) is 91.0 Å². The van der Waals surface area contributed by atoms with Gasteiger partial charge in [-0.25, -0.2) is 0 Å². The molecule has 0 aromatic heterocycles. The van der Waals surface area contributed by atoms with Crippen LogP contribution in [0.1, 0.15) is 44.4 Å². The molecule has 5 aromatic rings. The van der Waals surface area contributed by atoms with E-state index in [1.165, 1.54) is 60.5 Å². The smallest absolute Gasteiger partial charge is 0.0159 e. The number of fused-ring (bicyclic) bond motifs is 6. The van der Waals surface area contributed by atoms with E-state index in [0.29, 0.717) is 5.92 Å². The Balaban J connectivity index is 1.55. The first kappa shape index (κ1) is 20.2. The van der Waals surface area contributed by atoms with Gasteiger partial charge in [0, 0.05) is 5.41 Å². The molecule has 1 aliphatic carbocycles. The van der Waals surface area contributed by atoms with Crippen LogP contribution in [0.25, 0.3) is 43.8 Å². The molecule has 0 spiro atoms. The second-order valence-corrected chi connectivity index (χ2v) is 10.6. The molecule has 162 valence electrons. The molecule has 0 aliphatic heterocycles. The molecule has 0 heterocycles. The number of hydrogen-bond acceptors (Lipinski definition) is 0. The molecule has 0 heteroatoms. The first-order valence-electron chi connectivity index (χ1n) is 12.1. The first-order valence-corrected chi connectivity index (χ1v) is 12.1. The average molecular weight is 427 g/mol. The van der Waals surface area contributed by atoms with E-state index in [1.807, 2.05) is 0 Å². The Morgan fingerprint density at radius 1 is 0.606 bits per heavy atom. The van der Waals surface area contributed by atoms with E-state index >= 15 is 0 Å². The zero-order valence-corrected chi connectivity index (χ0v) is 19.9. The molecule has 5 aromatic carbocycles. The van der Waals surface area contributed by atoms with Gasteiger partial charge in [-0.3, -0.25) is 0 Å². The Bertz CT molecular complexity index is 1530. The van der Waals surface area contributed by atoms with Gasteiger partial charge in [-0.1, -0.05) is 107 Å². The van der Waals surface area contributed by atoms with Crippen molar-refractivity contribution in [3.63, 3.8) is 0 Å². The summed E-state index contributed by atoms with van der Waals surface area (Å²) in [5, 5.41) is 5.27. The van der Waals surface area contributed by atoms with Gasteiger partial charge in [0.05, 0.1) is 0 Å². The number of rotatable bonds is 3. The third-order valence-corrected chi connectivity index (χ3v) is 7.46. The summed E-state index contributed by atoms with van der Waals surface area (Å²) in [6.07, 6.45) is 1.13. The van der Waals surface area contributed by atoms with E-state index in [9.17, 15) is 0 Å². The monoisotopic (exact) mass is 426 g/mol.